The lowest BCUT2D eigenvalue weighted by molar-refractivity contribution is 0.470. The molecular weight excluding hydrogens is 356 g/mol. The quantitative estimate of drug-likeness (QED) is 0.817. The highest BCUT2D eigenvalue weighted by Gasteiger charge is 2.22. The van der Waals surface area contributed by atoms with Crippen LogP contribution >= 0.6 is 15.9 Å². The van der Waals surface area contributed by atoms with Crippen molar-refractivity contribution >= 4 is 26.0 Å². The molecule has 114 valence electrons. The molecule has 0 saturated heterocycles. The number of hydrogen-bond acceptors (Lipinski definition) is 4. The highest BCUT2D eigenvalue weighted by molar-refractivity contribution is 9.10. The minimum absolute atomic E-state index is 0.111. The number of rotatable bonds is 6. The molecule has 1 aromatic carbocycles. The van der Waals surface area contributed by atoms with Crippen LogP contribution in [-0.2, 0) is 23.1 Å². The van der Waals surface area contributed by atoms with E-state index in [1.165, 1.54) is 6.07 Å². The molecule has 0 saturated carbocycles. The normalized spacial score (nSPS) is 11.8. The van der Waals surface area contributed by atoms with Gasteiger partial charge in [-0.05, 0) is 35.5 Å². The van der Waals surface area contributed by atoms with Gasteiger partial charge in [0.05, 0.1) is 6.54 Å². The second kappa shape index (κ2) is 6.74. The third-order valence-corrected chi connectivity index (χ3v) is 5.19. The van der Waals surface area contributed by atoms with Gasteiger partial charge in [0.2, 0.25) is 10.0 Å². The summed E-state index contributed by atoms with van der Waals surface area (Å²) in [5.41, 5.74) is 2.04. The maximum Gasteiger partial charge on any atom is 0.245 e. The third-order valence-electron chi connectivity index (χ3n) is 2.93. The van der Waals surface area contributed by atoms with Crippen molar-refractivity contribution in [3.8, 4) is 0 Å². The summed E-state index contributed by atoms with van der Waals surface area (Å²) in [6.45, 7) is 2.69. The topological polar surface area (TPSA) is 71.3 Å². The van der Waals surface area contributed by atoms with Crippen molar-refractivity contribution in [3.63, 3.8) is 0 Å². The molecule has 2 rings (SSSR count). The molecule has 1 aromatic heterocycles. The molecule has 0 aliphatic rings. The monoisotopic (exact) mass is 372 g/mol. The summed E-state index contributed by atoms with van der Waals surface area (Å²) in [7, 11) is -1.85. The summed E-state index contributed by atoms with van der Waals surface area (Å²) in [6, 6.07) is 9.20. The van der Waals surface area contributed by atoms with Crippen LogP contribution in [0.3, 0.4) is 0 Å². The predicted molar refractivity (Wildman–Crippen MR) is 84.4 cm³/mol. The van der Waals surface area contributed by atoms with E-state index in [0.717, 1.165) is 11.1 Å². The standard InChI is InChI=1S/C14H17BrN2O3S/c1-10-3-5-11(6-4-10)8-17-21(18,19)13-7-12(9-16-2)20-14(13)15/h3-7,16-17H,8-9H2,1-2H3. The van der Waals surface area contributed by atoms with E-state index in [9.17, 15) is 8.42 Å². The molecule has 0 aliphatic heterocycles. The summed E-state index contributed by atoms with van der Waals surface area (Å²) in [5, 5.41) is 2.91. The van der Waals surface area contributed by atoms with Crippen molar-refractivity contribution in [3.05, 3.63) is 51.9 Å². The Morgan fingerprint density at radius 2 is 1.86 bits per heavy atom. The average Bonchev–Trinajstić information content (AvgIpc) is 2.80. The molecule has 0 amide bonds. The first-order valence-corrected chi connectivity index (χ1v) is 8.68. The fraction of sp³-hybridized carbons (Fsp3) is 0.286. The van der Waals surface area contributed by atoms with Gasteiger partial charge < -0.3 is 9.73 Å². The van der Waals surface area contributed by atoms with Gasteiger partial charge in [0.25, 0.3) is 0 Å². The van der Waals surface area contributed by atoms with Crippen molar-refractivity contribution in [1.29, 1.82) is 0 Å². The number of hydrogen-bond donors (Lipinski definition) is 2. The molecule has 0 spiro atoms. The molecule has 5 nitrogen and oxygen atoms in total. The Kier molecular flexibility index (Phi) is 5.21. The largest absolute Gasteiger partial charge is 0.452 e. The lowest BCUT2D eigenvalue weighted by atomic mass is 10.2. The maximum absolute atomic E-state index is 12.3. The van der Waals surface area contributed by atoms with Gasteiger partial charge in [0.1, 0.15) is 10.7 Å². The Hall–Kier alpha value is -1.15. The summed E-state index contributed by atoms with van der Waals surface area (Å²) in [5.74, 6) is 0.556. The van der Waals surface area contributed by atoms with Gasteiger partial charge in [-0.15, -0.1) is 0 Å². The van der Waals surface area contributed by atoms with E-state index in [1.54, 1.807) is 7.05 Å². The Labute approximate surface area is 132 Å². The van der Waals surface area contributed by atoms with Gasteiger partial charge in [0, 0.05) is 12.6 Å². The Bertz CT molecular complexity index is 708. The lowest BCUT2D eigenvalue weighted by Crippen LogP contribution is -2.23. The van der Waals surface area contributed by atoms with Crippen LogP contribution in [0.4, 0.5) is 0 Å². The highest BCUT2D eigenvalue weighted by atomic mass is 79.9. The van der Waals surface area contributed by atoms with E-state index < -0.39 is 10.0 Å². The molecule has 0 aliphatic carbocycles. The van der Waals surface area contributed by atoms with E-state index in [0.29, 0.717) is 12.3 Å². The molecule has 0 radical (unpaired) electrons. The van der Waals surface area contributed by atoms with Crippen LogP contribution in [0.15, 0.2) is 44.3 Å². The molecule has 0 bridgehead atoms. The van der Waals surface area contributed by atoms with Gasteiger partial charge >= 0.3 is 0 Å². The zero-order valence-corrected chi connectivity index (χ0v) is 14.2. The molecule has 0 unspecified atom stereocenters. The van der Waals surface area contributed by atoms with Crippen LogP contribution in [0, 0.1) is 6.92 Å². The fourth-order valence-electron chi connectivity index (χ4n) is 1.80. The summed E-state index contributed by atoms with van der Waals surface area (Å²) in [6.07, 6.45) is 0. The van der Waals surface area contributed by atoms with E-state index in [2.05, 4.69) is 26.0 Å². The molecule has 2 aromatic rings. The first kappa shape index (κ1) is 16.2. The van der Waals surface area contributed by atoms with Crippen molar-refractivity contribution < 1.29 is 12.8 Å². The van der Waals surface area contributed by atoms with E-state index in [1.807, 2.05) is 31.2 Å². The Morgan fingerprint density at radius 3 is 2.48 bits per heavy atom. The number of benzene rings is 1. The SMILES string of the molecule is CNCc1cc(S(=O)(=O)NCc2ccc(C)cc2)c(Br)o1. The van der Waals surface area contributed by atoms with Crippen LogP contribution < -0.4 is 10.0 Å². The molecular formula is C14H17BrN2O3S. The van der Waals surface area contributed by atoms with E-state index in [4.69, 9.17) is 4.42 Å². The van der Waals surface area contributed by atoms with Crippen LogP contribution in [0.25, 0.3) is 0 Å². The summed E-state index contributed by atoms with van der Waals surface area (Å²) < 4.78 is 32.7. The lowest BCUT2D eigenvalue weighted by Gasteiger charge is -2.05. The molecule has 7 heteroatoms. The zero-order chi connectivity index (χ0) is 15.5. The molecule has 2 N–H and O–H groups in total. The van der Waals surface area contributed by atoms with Crippen molar-refractivity contribution in [2.75, 3.05) is 7.05 Å². The predicted octanol–water partition coefficient (Wildman–Crippen LogP) is 2.55. The second-order valence-electron chi connectivity index (χ2n) is 4.69. The van der Waals surface area contributed by atoms with Crippen LogP contribution in [0.1, 0.15) is 16.9 Å². The van der Waals surface area contributed by atoms with Gasteiger partial charge in [-0.25, -0.2) is 13.1 Å². The molecule has 21 heavy (non-hydrogen) atoms. The third kappa shape index (κ3) is 4.16. The van der Waals surface area contributed by atoms with Crippen molar-refractivity contribution in [2.45, 2.75) is 24.9 Å². The first-order valence-electron chi connectivity index (χ1n) is 6.40. The van der Waals surface area contributed by atoms with Crippen molar-refractivity contribution in [1.82, 2.24) is 10.0 Å². The van der Waals surface area contributed by atoms with E-state index in [-0.39, 0.29) is 16.1 Å². The van der Waals surface area contributed by atoms with Gasteiger partial charge in [0.15, 0.2) is 4.67 Å². The number of halogens is 1. The number of sulfonamides is 1. The van der Waals surface area contributed by atoms with Crippen LogP contribution in [0.2, 0.25) is 0 Å². The number of aryl methyl sites for hydroxylation is 1. The molecule has 0 atom stereocenters. The highest BCUT2D eigenvalue weighted by Crippen LogP contribution is 2.26. The van der Waals surface area contributed by atoms with Crippen LogP contribution in [0.5, 0.6) is 0 Å². The average molecular weight is 373 g/mol. The maximum atomic E-state index is 12.3. The number of furan rings is 1. The second-order valence-corrected chi connectivity index (χ2v) is 7.15. The minimum atomic E-state index is -3.62. The molecule has 1 heterocycles. The van der Waals surface area contributed by atoms with Gasteiger partial charge in [-0.1, -0.05) is 29.8 Å². The zero-order valence-electron chi connectivity index (χ0n) is 11.8. The Balaban J connectivity index is 2.12. The number of nitrogens with one attached hydrogen (secondary N) is 2. The minimum Gasteiger partial charge on any atom is -0.452 e. The van der Waals surface area contributed by atoms with E-state index >= 15 is 0 Å². The molecule has 0 fully saturated rings. The van der Waals surface area contributed by atoms with Crippen LogP contribution in [-0.4, -0.2) is 15.5 Å². The Morgan fingerprint density at radius 1 is 1.19 bits per heavy atom. The summed E-state index contributed by atoms with van der Waals surface area (Å²) in [4.78, 5) is 0.111. The smallest absolute Gasteiger partial charge is 0.245 e. The first-order chi connectivity index (χ1) is 9.92. The van der Waals surface area contributed by atoms with Crippen molar-refractivity contribution in [2.24, 2.45) is 0 Å². The van der Waals surface area contributed by atoms with Gasteiger partial charge in [-0.2, -0.15) is 0 Å². The fourth-order valence-corrected chi connectivity index (χ4v) is 3.82. The van der Waals surface area contributed by atoms with Gasteiger partial charge in [-0.3, -0.25) is 0 Å². The summed E-state index contributed by atoms with van der Waals surface area (Å²) >= 11 is 3.15.